The first-order valence-electron chi connectivity index (χ1n) is 9.39. The molecule has 1 aliphatic heterocycles. The summed E-state index contributed by atoms with van der Waals surface area (Å²) in [7, 11) is 0. The van der Waals surface area contributed by atoms with E-state index in [1.165, 1.54) is 0 Å². The zero-order valence-corrected chi connectivity index (χ0v) is 16.0. The highest BCUT2D eigenvalue weighted by atomic mass is 16.5. The Balaban J connectivity index is 1.96. The Hall–Kier alpha value is -2.49. The molecule has 0 aliphatic carbocycles. The number of fused-ring (bicyclic) bond motifs is 1. The summed E-state index contributed by atoms with van der Waals surface area (Å²) in [6.07, 6.45) is 0.759. The molecule has 138 valence electrons. The Morgan fingerprint density at radius 1 is 1.04 bits per heavy atom. The van der Waals surface area contributed by atoms with Crippen molar-refractivity contribution >= 4 is 11.6 Å². The third kappa shape index (κ3) is 3.69. The highest BCUT2D eigenvalue weighted by Crippen LogP contribution is 2.37. The van der Waals surface area contributed by atoms with Gasteiger partial charge in [-0.3, -0.25) is 4.79 Å². The van der Waals surface area contributed by atoms with Gasteiger partial charge in [-0.15, -0.1) is 0 Å². The monoisotopic (exact) mass is 352 g/mol. The molecule has 1 atom stereocenters. The molecule has 0 saturated heterocycles. The maximum absolute atomic E-state index is 13.1. The van der Waals surface area contributed by atoms with Gasteiger partial charge in [0.1, 0.15) is 11.9 Å². The molecule has 3 rings (SSSR count). The zero-order valence-electron chi connectivity index (χ0n) is 16.0. The molecule has 1 aliphatic rings. The number of nitrogens with zero attached hydrogens (tertiary/aromatic N) is 1. The molecule has 1 unspecified atom stereocenters. The van der Waals surface area contributed by atoms with Gasteiger partial charge >= 0.3 is 0 Å². The van der Waals surface area contributed by atoms with Crippen LogP contribution >= 0.6 is 0 Å². The predicted molar refractivity (Wildman–Crippen MR) is 106 cm³/mol. The number of nitrogens with one attached hydrogen (secondary N) is 1. The summed E-state index contributed by atoms with van der Waals surface area (Å²) < 4.78 is 6.07. The van der Waals surface area contributed by atoms with Crippen molar-refractivity contribution in [3.63, 3.8) is 0 Å². The summed E-state index contributed by atoms with van der Waals surface area (Å²) >= 11 is 0. The van der Waals surface area contributed by atoms with Gasteiger partial charge < -0.3 is 15.0 Å². The summed E-state index contributed by atoms with van der Waals surface area (Å²) in [4.78, 5) is 15.0. The van der Waals surface area contributed by atoms with Crippen molar-refractivity contribution < 1.29 is 9.53 Å². The fourth-order valence-electron chi connectivity index (χ4n) is 3.27. The summed E-state index contributed by atoms with van der Waals surface area (Å²) in [6.45, 7) is 9.14. The molecule has 4 nitrogen and oxygen atoms in total. The lowest BCUT2D eigenvalue weighted by Gasteiger charge is -2.41. The second-order valence-corrected chi connectivity index (χ2v) is 7.47. The van der Waals surface area contributed by atoms with Crippen LogP contribution in [-0.4, -0.2) is 23.5 Å². The van der Waals surface area contributed by atoms with E-state index in [-0.39, 0.29) is 18.1 Å². The molecule has 0 spiro atoms. The zero-order chi connectivity index (χ0) is 18.7. The average Bonchev–Trinajstić information content (AvgIpc) is 2.61. The van der Waals surface area contributed by atoms with Gasteiger partial charge in [0.25, 0.3) is 5.91 Å². The van der Waals surface area contributed by atoms with Gasteiger partial charge in [0.2, 0.25) is 0 Å². The van der Waals surface area contributed by atoms with Crippen LogP contribution in [0.1, 0.15) is 56.2 Å². The Morgan fingerprint density at radius 2 is 1.73 bits per heavy atom. The van der Waals surface area contributed by atoms with E-state index in [2.05, 4.69) is 19.2 Å². The third-order valence-electron chi connectivity index (χ3n) is 4.69. The van der Waals surface area contributed by atoms with E-state index >= 15 is 0 Å². The second kappa shape index (κ2) is 7.81. The van der Waals surface area contributed by atoms with E-state index in [9.17, 15) is 4.79 Å². The molecule has 2 aromatic rings. The molecular formula is C22H28N2O2. The van der Waals surface area contributed by atoms with Crippen molar-refractivity contribution in [3.8, 4) is 5.75 Å². The largest absolute Gasteiger partial charge is 0.493 e. The van der Waals surface area contributed by atoms with Crippen molar-refractivity contribution in [2.45, 2.75) is 46.3 Å². The van der Waals surface area contributed by atoms with Crippen LogP contribution in [0.15, 0.2) is 48.5 Å². The number of carbonyl (C=O) groups excluding carboxylic acids is 1. The molecule has 4 heteroatoms. The molecule has 26 heavy (non-hydrogen) atoms. The van der Waals surface area contributed by atoms with Crippen LogP contribution in [0.5, 0.6) is 5.75 Å². The van der Waals surface area contributed by atoms with E-state index in [1.54, 1.807) is 0 Å². The Kier molecular flexibility index (Phi) is 5.50. The van der Waals surface area contributed by atoms with Crippen LogP contribution in [-0.2, 0) is 0 Å². The normalized spacial score (nSPS) is 16.6. The van der Waals surface area contributed by atoms with Gasteiger partial charge in [0.15, 0.2) is 0 Å². The minimum Gasteiger partial charge on any atom is -0.493 e. The number of anilines is 1. The molecule has 1 N–H and O–H groups in total. The van der Waals surface area contributed by atoms with Crippen molar-refractivity contribution in [2.24, 2.45) is 5.92 Å². The van der Waals surface area contributed by atoms with E-state index in [0.29, 0.717) is 12.5 Å². The Labute approximate surface area is 156 Å². The fourth-order valence-corrected chi connectivity index (χ4v) is 3.27. The van der Waals surface area contributed by atoms with Crippen molar-refractivity contribution in [3.05, 3.63) is 59.7 Å². The standard InChI is InChI=1S/C22H28N2O2/c1-15(2)13-14-26-20-12-8-6-10-18(20)21-23-19-11-7-5-9-17(19)22(25)24(21)16(3)4/h5-12,15-16,21,23H,13-14H2,1-4H3. The number of para-hydroxylation sites is 2. The van der Waals surface area contributed by atoms with Crippen LogP contribution < -0.4 is 10.1 Å². The van der Waals surface area contributed by atoms with E-state index < -0.39 is 0 Å². The topological polar surface area (TPSA) is 41.6 Å². The average molecular weight is 352 g/mol. The van der Waals surface area contributed by atoms with Crippen LogP contribution in [0.2, 0.25) is 0 Å². The minimum absolute atomic E-state index is 0.0522. The molecule has 1 heterocycles. The highest BCUT2D eigenvalue weighted by Gasteiger charge is 2.35. The minimum atomic E-state index is -0.243. The Bertz CT molecular complexity index is 770. The van der Waals surface area contributed by atoms with Crippen LogP contribution in [0.4, 0.5) is 5.69 Å². The van der Waals surface area contributed by atoms with E-state index in [1.807, 2.05) is 67.3 Å². The number of rotatable bonds is 6. The molecule has 0 fully saturated rings. The summed E-state index contributed by atoms with van der Waals surface area (Å²) in [5.74, 6) is 1.48. The number of hydrogen-bond donors (Lipinski definition) is 1. The number of benzene rings is 2. The predicted octanol–water partition coefficient (Wildman–Crippen LogP) is 5.09. The first kappa shape index (κ1) is 18.3. The molecule has 1 amide bonds. The first-order valence-corrected chi connectivity index (χ1v) is 9.39. The molecule has 0 radical (unpaired) electrons. The quantitative estimate of drug-likeness (QED) is 0.787. The van der Waals surface area contributed by atoms with Crippen molar-refractivity contribution in [1.82, 2.24) is 4.90 Å². The summed E-state index contributed by atoms with van der Waals surface area (Å²) in [6, 6.07) is 15.8. The van der Waals surface area contributed by atoms with Crippen LogP contribution in [0.3, 0.4) is 0 Å². The number of ether oxygens (including phenoxy) is 1. The van der Waals surface area contributed by atoms with E-state index in [4.69, 9.17) is 4.74 Å². The molecular weight excluding hydrogens is 324 g/mol. The van der Waals surface area contributed by atoms with Gasteiger partial charge in [-0.2, -0.15) is 0 Å². The lowest BCUT2D eigenvalue weighted by molar-refractivity contribution is 0.0614. The third-order valence-corrected chi connectivity index (χ3v) is 4.69. The number of carbonyl (C=O) groups is 1. The molecule has 2 aromatic carbocycles. The highest BCUT2D eigenvalue weighted by molar-refractivity contribution is 6.01. The van der Waals surface area contributed by atoms with Gasteiger partial charge in [-0.05, 0) is 44.4 Å². The first-order chi connectivity index (χ1) is 12.5. The maximum Gasteiger partial charge on any atom is 0.258 e. The molecule has 0 saturated carbocycles. The number of hydrogen-bond acceptors (Lipinski definition) is 3. The van der Waals surface area contributed by atoms with Crippen molar-refractivity contribution in [1.29, 1.82) is 0 Å². The Morgan fingerprint density at radius 3 is 2.46 bits per heavy atom. The van der Waals surface area contributed by atoms with Gasteiger partial charge in [0, 0.05) is 17.3 Å². The lowest BCUT2D eigenvalue weighted by atomic mass is 10.0. The van der Waals surface area contributed by atoms with Gasteiger partial charge in [-0.25, -0.2) is 0 Å². The van der Waals surface area contributed by atoms with Gasteiger partial charge in [0.05, 0.1) is 12.2 Å². The smallest absolute Gasteiger partial charge is 0.258 e. The SMILES string of the molecule is CC(C)CCOc1ccccc1C1Nc2ccccc2C(=O)N1C(C)C. The van der Waals surface area contributed by atoms with E-state index in [0.717, 1.165) is 29.0 Å². The van der Waals surface area contributed by atoms with Gasteiger partial charge in [-0.1, -0.05) is 44.2 Å². The summed E-state index contributed by atoms with van der Waals surface area (Å²) in [5, 5.41) is 3.54. The summed E-state index contributed by atoms with van der Waals surface area (Å²) in [5.41, 5.74) is 2.58. The van der Waals surface area contributed by atoms with Crippen molar-refractivity contribution in [2.75, 3.05) is 11.9 Å². The molecule has 0 bridgehead atoms. The second-order valence-electron chi connectivity index (χ2n) is 7.47. The van der Waals surface area contributed by atoms with Crippen LogP contribution in [0, 0.1) is 5.92 Å². The molecule has 0 aromatic heterocycles. The lowest BCUT2D eigenvalue weighted by Crippen LogP contribution is -2.46. The maximum atomic E-state index is 13.1. The number of amides is 1. The van der Waals surface area contributed by atoms with Crippen LogP contribution in [0.25, 0.3) is 0 Å². The fraction of sp³-hybridized carbons (Fsp3) is 0.409.